The summed E-state index contributed by atoms with van der Waals surface area (Å²) >= 11 is 0. The lowest BCUT2D eigenvalue weighted by Gasteiger charge is -2.09. The van der Waals surface area contributed by atoms with Crippen molar-refractivity contribution in [1.82, 2.24) is 5.32 Å². The average molecular weight is 285 g/mol. The molecule has 0 fully saturated rings. The Hall–Kier alpha value is -2.49. The maximum atomic E-state index is 12.0. The van der Waals surface area contributed by atoms with E-state index >= 15 is 0 Å². The molecule has 0 bridgehead atoms. The number of benzene rings is 2. The first-order valence-electron chi connectivity index (χ1n) is 6.86. The Morgan fingerprint density at radius 2 is 1.62 bits per heavy atom. The minimum absolute atomic E-state index is 0.138. The smallest absolute Gasteiger partial charge is 0.251 e. The summed E-state index contributed by atoms with van der Waals surface area (Å²) in [6, 6.07) is 11.9. The van der Waals surface area contributed by atoms with E-state index in [9.17, 15) is 15.0 Å². The van der Waals surface area contributed by atoms with Gasteiger partial charge in [-0.15, -0.1) is 0 Å². The lowest BCUT2D eigenvalue weighted by atomic mass is 10.0. The molecule has 2 rings (SSSR count). The molecular formula is C17H19NO3. The van der Waals surface area contributed by atoms with E-state index in [1.54, 1.807) is 0 Å². The summed E-state index contributed by atoms with van der Waals surface area (Å²) in [6.07, 6.45) is 0. The van der Waals surface area contributed by atoms with Crippen LogP contribution in [0.5, 0.6) is 11.5 Å². The van der Waals surface area contributed by atoms with Crippen molar-refractivity contribution in [1.29, 1.82) is 0 Å². The van der Waals surface area contributed by atoms with Gasteiger partial charge in [0.05, 0.1) is 0 Å². The standard InChI is InChI=1S/C17H19NO3/c1-11(2)13-5-3-12(4-6-13)10-18-17(21)14-7-15(19)9-16(20)8-14/h3-9,11,19-20H,10H2,1-2H3,(H,18,21). The van der Waals surface area contributed by atoms with Crippen LogP contribution in [-0.4, -0.2) is 16.1 Å². The predicted molar refractivity (Wildman–Crippen MR) is 81.5 cm³/mol. The Balaban J connectivity index is 2.00. The van der Waals surface area contributed by atoms with Crippen molar-refractivity contribution < 1.29 is 15.0 Å². The number of carbonyl (C=O) groups is 1. The molecule has 2 aromatic carbocycles. The third-order valence-electron chi connectivity index (χ3n) is 3.26. The number of hydrogen-bond donors (Lipinski definition) is 3. The molecule has 21 heavy (non-hydrogen) atoms. The van der Waals surface area contributed by atoms with Crippen LogP contribution in [0.4, 0.5) is 0 Å². The van der Waals surface area contributed by atoms with Gasteiger partial charge in [-0.1, -0.05) is 38.1 Å². The van der Waals surface area contributed by atoms with Gasteiger partial charge in [0.25, 0.3) is 5.91 Å². The molecule has 4 heteroatoms. The van der Waals surface area contributed by atoms with E-state index in [1.807, 2.05) is 24.3 Å². The number of rotatable bonds is 4. The number of carbonyl (C=O) groups excluding carboxylic acids is 1. The van der Waals surface area contributed by atoms with Crippen LogP contribution in [0.15, 0.2) is 42.5 Å². The van der Waals surface area contributed by atoms with Crippen molar-refractivity contribution in [3.05, 3.63) is 59.2 Å². The van der Waals surface area contributed by atoms with Crippen molar-refractivity contribution in [2.24, 2.45) is 0 Å². The third-order valence-corrected chi connectivity index (χ3v) is 3.26. The molecule has 0 radical (unpaired) electrons. The lowest BCUT2D eigenvalue weighted by Crippen LogP contribution is -2.22. The molecule has 0 saturated carbocycles. The second kappa shape index (κ2) is 6.31. The van der Waals surface area contributed by atoms with Crippen LogP contribution in [-0.2, 0) is 6.54 Å². The Bertz CT molecular complexity index is 613. The van der Waals surface area contributed by atoms with E-state index in [-0.39, 0.29) is 23.0 Å². The number of aromatic hydroxyl groups is 2. The average Bonchev–Trinajstić information content (AvgIpc) is 2.44. The summed E-state index contributed by atoms with van der Waals surface area (Å²) in [6.45, 7) is 4.66. The van der Waals surface area contributed by atoms with Gasteiger partial charge >= 0.3 is 0 Å². The van der Waals surface area contributed by atoms with Gasteiger partial charge in [0.15, 0.2) is 0 Å². The number of nitrogens with one attached hydrogen (secondary N) is 1. The maximum absolute atomic E-state index is 12.0. The van der Waals surface area contributed by atoms with Crippen molar-refractivity contribution in [3.63, 3.8) is 0 Å². The highest BCUT2D eigenvalue weighted by Gasteiger charge is 2.08. The molecule has 0 aromatic heterocycles. The topological polar surface area (TPSA) is 69.6 Å². The summed E-state index contributed by atoms with van der Waals surface area (Å²) in [5.41, 5.74) is 2.48. The first kappa shape index (κ1) is 14.9. The van der Waals surface area contributed by atoms with Crippen molar-refractivity contribution in [2.75, 3.05) is 0 Å². The van der Waals surface area contributed by atoms with E-state index in [4.69, 9.17) is 0 Å². The summed E-state index contributed by atoms with van der Waals surface area (Å²) in [4.78, 5) is 12.0. The first-order chi connectivity index (χ1) is 9.95. The maximum Gasteiger partial charge on any atom is 0.251 e. The fourth-order valence-electron chi connectivity index (χ4n) is 2.03. The molecule has 0 spiro atoms. The van der Waals surface area contributed by atoms with Crippen LogP contribution in [0.1, 0.15) is 41.3 Å². The van der Waals surface area contributed by atoms with Crippen molar-refractivity contribution in [2.45, 2.75) is 26.3 Å². The quantitative estimate of drug-likeness (QED) is 0.808. The van der Waals surface area contributed by atoms with Crippen LogP contribution in [0.2, 0.25) is 0 Å². The summed E-state index contributed by atoms with van der Waals surface area (Å²) < 4.78 is 0. The van der Waals surface area contributed by atoms with Gasteiger partial charge < -0.3 is 15.5 Å². The molecule has 0 heterocycles. The molecule has 0 saturated heterocycles. The van der Waals surface area contributed by atoms with Gasteiger partial charge in [0.1, 0.15) is 11.5 Å². The molecule has 4 nitrogen and oxygen atoms in total. The van der Waals surface area contributed by atoms with Crippen molar-refractivity contribution >= 4 is 5.91 Å². The molecule has 110 valence electrons. The fourth-order valence-corrected chi connectivity index (χ4v) is 2.03. The number of amides is 1. The van der Waals surface area contributed by atoms with Gasteiger partial charge in [0.2, 0.25) is 0 Å². The van der Waals surface area contributed by atoms with Crippen LogP contribution in [0, 0.1) is 0 Å². The van der Waals surface area contributed by atoms with Crippen LogP contribution < -0.4 is 5.32 Å². The van der Waals surface area contributed by atoms with E-state index in [0.717, 1.165) is 5.56 Å². The lowest BCUT2D eigenvalue weighted by molar-refractivity contribution is 0.0950. The first-order valence-corrected chi connectivity index (χ1v) is 6.86. The van der Waals surface area contributed by atoms with Crippen molar-refractivity contribution in [3.8, 4) is 11.5 Å². The van der Waals surface area contributed by atoms with E-state index < -0.39 is 0 Å². The second-order valence-corrected chi connectivity index (χ2v) is 5.32. The largest absolute Gasteiger partial charge is 0.508 e. The highest BCUT2D eigenvalue weighted by Crippen LogP contribution is 2.20. The molecule has 0 unspecified atom stereocenters. The molecule has 0 aliphatic rings. The minimum atomic E-state index is -0.339. The van der Waals surface area contributed by atoms with Gasteiger partial charge in [-0.05, 0) is 29.2 Å². The monoisotopic (exact) mass is 285 g/mol. The Morgan fingerprint density at radius 3 is 2.14 bits per heavy atom. The van der Waals surface area contributed by atoms with E-state index in [2.05, 4.69) is 19.2 Å². The Kier molecular flexibility index (Phi) is 4.48. The van der Waals surface area contributed by atoms with Gasteiger partial charge in [0, 0.05) is 18.2 Å². The minimum Gasteiger partial charge on any atom is -0.508 e. The second-order valence-electron chi connectivity index (χ2n) is 5.32. The summed E-state index contributed by atoms with van der Waals surface area (Å²) in [7, 11) is 0. The van der Waals surface area contributed by atoms with E-state index in [1.165, 1.54) is 23.8 Å². The molecule has 2 aromatic rings. The molecule has 0 atom stereocenters. The zero-order valence-electron chi connectivity index (χ0n) is 12.1. The summed E-state index contributed by atoms with van der Waals surface area (Å²) in [5, 5.41) is 21.5. The number of hydrogen-bond acceptors (Lipinski definition) is 3. The van der Waals surface area contributed by atoms with Gasteiger partial charge in [-0.2, -0.15) is 0 Å². The third kappa shape index (κ3) is 3.99. The normalized spacial score (nSPS) is 10.6. The van der Waals surface area contributed by atoms with Gasteiger partial charge in [-0.25, -0.2) is 0 Å². The molecule has 1 amide bonds. The predicted octanol–water partition coefficient (Wildman–Crippen LogP) is 3.15. The number of phenolic OH excluding ortho intramolecular Hbond substituents is 2. The van der Waals surface area contributed by atoms with Crippen LogP contribution >= 0.6 is 0 Å². The molecule has 3 N–H and O–H groups in total. The zero-order valence-corrected chi connectivity index (χ0v) is 12.1. The highest BCUT2D eigenvalue weighted by atomic mass is 16.3. The van der Waals surface area contributed by atoms with Gasteiger partial charge in [-0.3, -0.25) is 4.79 Å². The fraction of sp³-hybridized carbons (Fsp3) is 0.235. The summed E-state index contributed by atoms with van der Waals surface area (Å²) in [5.74, 6) is -0.138. The van der Waals surface area contributed by atoms with Crippen LogP contribution in [0.3, 0.4) is 0 Å². The zero-order chi connectivity index (χ0) is 15.4. The molecule has 0 aliphatic heterocycles. The Labute approximate surface area is 124 Å². The molecule has 0 aliphatic carbocycles. The molecular weight excluding hydrogens is 266 g/mol. The van der Waals surface area contributed by atoms with E-state index in [0.29, 0.717) is 12.5 Å². The number of phenols is 2. The Morgan fingerprint density at radius 1 is 1.05 bits per heavy atom. The SMILES string of the molecule is CC(C)c1ccc(CNC(=O)c2cc(O)cc(O)c2)cc1. The highest BCUT2D eigenvalue weighted by molar-refractivity contribution is 5.94. The van der Waals surface area contributed by atoms with Crippen LogP contribution in [0.25, 0.3) is 0 Å².